The van der Waals surface area contributed by atoms with Gasteiger partial charge in [0.05, 0.1) is 19.3 Å². The SMILES string of the molecule is CCc1c(C(C)NN2CCOCC2)oc2ccccc12. The Kier molecular flexibility index (Phi) is 4.05. The summed E-state index contributed by atoms with van der Waals surface area (Å²) in [5.74, 6) is 1.06. The van der Waals surface area contributed by atoms with Crippen LogP contribution in [-0.4, -0.2) is 31.3 Å². The third kappa shape index (κ3) is 2.59. The van der Waals surface area contributed by atoms with Gasteiger partial charge in [-0.25, -0.2) is 10.4 Å². The van der Waals surface area contributed by atoms with E-state index in [1.54, 1.807) is 0 Å². The maximum Gasteiger partial charge on any atom is 0.134 e. The number of benzene rings is 1. The number of rotatable bonds is 4. The number of furan rings is 1. The van der Waals surface area contributed by atoms with E-state index >= 15 is 0 Å². The first-order chi connectivity index (χ1) is 9.79. The number of hydrogen-bond acceptors (Lipinski definition) is 4. The van der Waals surface area contributed by atoms with Gasteiger partial charge < -0.3 is 9.15 Å². The molecule has 1 aromatic heterocycles. The van der Waals surface area contributed by atoms with Crippen molar-refractivity contribution >= 4 is 11.0 Å². The van der Waals surface area contributed by atoms with Crippen LogP contribution in [0.15, 0.2) is 28.7 Å². The van der Waals surface area contributed by atoms with Crippen molar-refractivity contribution in [2.75, 3.05) is 26.3 Å². The largest absolute Gasteiger partial charge is 0.459 e. The van der Waals surface area contributed by atoms with Crippen LogP contribution in [-0.2, 0) is 11.2 Å². The van der Waals surface area contributed by atoms with Crippen molar-refractivity contribution in [2.45, 2.75) is 26.3 Å². The Morgan fingerprint density at radius 2 is 2.00 bits per heavy atom. The van der Waals surface area contributed by atoms with Crippen LogP contribution in [0.1, 0.15) is 31.2 Å². The maximum absolute atomic E-state index is 6.07. The zero-order valence-electron chi connectivity index (χ0n) is 12.2. The standard InChI is InChI=1S/C16H22N2O2/c1-3-13-14-6-4-5-7-15(14)20-16(13)12(2)17-18-8-10-19-11-9-18/h4-7,12,17H,3,8-11H2,1-2H3. The Bertz CT molecular complexity index is 573. The molecule has 1 atom stereocenters. The van der Waals surface area contributed by atoms with E-state index in [2.05, 4.69) is 36.4 Å². The summed E-state index contributed by atoms with van der Waals surface area (Å²) in [6.45, 7) is 7.77. The molecule has 1 aromatic carbocycles. The Balaban J connectivity index is 1.84. The number of aryl methyl sites for hydroxylation is 1. The second-order valence-corrected chi connectivity index (χ2v) is 5.24. The van der Waals surface area contributed by atoms with Crippen LogP contribution in [0.3, 0.4) is 0 Å². The number of hydrogen-bond donors (Lipinski definition) is 1. The van der Waals surface area contributed by atoms with Gasteiger partial charge in [-0.2, -0.15) is 0 Å². The molecular formula is C16H22N2O2. The average molecular weight is 274 g/mol. The van der Waals surface area contributed by atoms with E-state index in [0.29, 0.717) is 0 Å². The van der Waals surface area contributed by atoms with Gasteiger partial charge in [-0.15, -0.1) is 0 Å². The van der Waals surface area contributed by atoms with Crippen LogP contribution in [0.4, 0.5) is 0 Å². The maximum atomic E-state index is 6.07. The number of para-hydroxylation sites is 1. The summed E-state index contributed by atoms with van der Waals surface area (Å²) in [5, 5.41) is 3.46. The minimum absolute atomic E-state index is 0.176. The summed E-state index contributed by atoms with van der Waals surface area (Å²) in [6, 6.07) is 8.45. The predicted octanol–water partition coefficient (Wildman–Crippen LogP) is 2.89. The fraction of sp³-hybridized carbons (Fsp3) is 0.500. The van der Waals surface area contributed by atoms with E-state index in [9.17, 15) is 0 Å². The summed E-state index contributed by atoms with van der Waals surface area (Å²) in [7, 11) is 0. The van der Waals surface area contributed by atoms with Gasteiger partial charge in [-0.3, -0.25) is 0 Å². The van der Waals surface area contributed by atoms with Gasteiger partial charge in [0.15, 0.2) is 0 Å². The number of hydrazine groups is 1. The number of fused-ring (bicyclic) bond motifs is 1. The molecule has 4 heteroatoms. The molecule has 0 amide bonds. The van der Waals surface area contributed by atoms with Crippen molar-refractivity contribution < 1.29 is 9.15 Å². The summed E-state index contributed by atoms with van der Waals surface area (Å²) in [5.41, 5.74) is 5.83. The first-order valence-electron chi connectivity index (χ1n) is 7.38. The quantitative estimate of drug-likeness (QED) is 0.930. The van der Waals surface area contributed by atoms with E-state index in [4.69, 9.17) is 9.15 Å². The van der Waals surface area contributed by atoms with E-state index < -0.39 is 0 Å². The molecule has 0 radical (unpaired) electrons. The zero-order valence-corrected chi connectivity index (χ0v) is 12.2. The van der Waals surface area contributed by atoms with Crippen LogP contribution in [0.2, 0.25) is 0 Å². The van der Waals surface area contributed by atoms with Gasteiger partial charge in [-0.05, 0) is 19.4 Å². The molecule has 20 heavy (non-hydrogen) atoms. The monoisotopic (exact) mass is 274 g/mol. The first-order valence-corrected chi connectivity index (χ1v) is 7.38. The van der Waals surface area contributed by atoms with Crippen molar-refractivity contribution in [3.8, 4) is 0 Å². The third-order valence-electron chi connectivity index (χ3n) is 3.86. The lowest BCUT2D eigenvalue weighted by atomic mass is 10.1. The van der Waals surface area contributed by atoms with E-state index in [0.717, 1.165) is 44.1 Å². The average Bonchev–Trinajstić information content (AvgIpc) is 2.87. The molecule has 2 aromatic rings. The normalized spacial score (nSPS) is 18.5. The predicted molar refractivity (Wildman–Crippen MR) is 79.5 cm³/mol. The van der Waals surface area contributed by atoms with Crippen molar-refractivity contribution in [1.82, 2.24) is 10.4 Å². The van der Waals surface area contributed by atoms with Crippen molar-refractivity contribution in [3.63, 3.8) is 0 Å². The number of nitrogens with one attached hydrogen (secondary N) is 1. The number of nitrogens with zero attached hydrogens (tertiary/aromatic N) is 1. The van der Waals surface area contributed by atoms with Gasteiger partial charge in [0.2, 0.25) is 0 Å². The Hall–Kier alpha value is -1.36. The molecule has 0 spiro atoms. The van der Waals surface area contributed by atoms with Crippen molar-refractivity contribution in [1.29, 1.82) is 0 Å². The van der Waals surface area contributed by atoms with Crippen LogP contribution in [0.25, 0.3) is 11.0 Å². The van der Waals surface area contributed by atoms with Gasteiger partial charge in [0.25, 0.3) is 0 Å². The summed E-state index contributed by atoms with van der Waals surface area (Å²) >= 11 is 0. The highest BCUT2D eigenvalue weighted by Gasteiger charge is 2.20. The van der Waals surface area contributed by atoms with Crippen LogP contribution in [0.5, 0.6) is 0 Å². The first kappa shape index (κ1) is 13.6. The smallest absolute Gasteiger partial charge is 0.134 e. The van der Waals surface area contributed by atoms with Gasteiger partial charge in [0.1, 0.15) is 11.3 Å². The van der Waals surface area contributed by atoms with Crippen LogP contribution < -0.4 is 5.43 Å². The Morgan fingerprint density at radius 1 is 1.25 bits per heavy atom. The van der Waals surface area contributed by atoms with Crippen LogP contribution in [0, 0.1) is 0 Å². The highest BCUT2D eigenvalue weighted by molar-refractivity contribution is 5.82. The minimum Gasteiger partial charge on any atom is -0.459 e. The molecule has 0 saturated carbocycles. The molecule has 0 bridgehead atoms. The zero-order chi connectivity index (χ0) is 13.9. The highest BCUT2D eigenvalue weighted by Crippen LogP contribution is 2.30. The van der Waals surface area contributed by atoms with Gasteiger partial charge in [-0.1, -0.05) is 25.1 Å². The molecule has 0 aliphatic carbocycles. The lowest BCUT2D eigenvalue weighted by molar-refractivity contribution is 0.00323. The molecule has 4 nitrogen and oxygen atoms in total. The third-order valence-corrected chi connectivity index (χ3v) is 3.86. The van der Waals surface area contributed by atoms with Gasteiger partial charge in [0, 0.05) is 24.0 Å². The summed E-state index contributed by atoms with van der Waals surface area (Å²) in [6.07, 6.45) is 0.988. The van der Waals surface area contributed by atoms with E-state index in [1.807, 2.05) is 12.1 Å². The highest BCUT2D eigenvalue weighted by atomic mass is 16.5. The number of morpholine rings is 1. The van der Waals surface area contributed by atoms with E-state index in [1.165, 1.54) is 10.9 Å². The fourth-order valence-electron chi connectivity index (χ4n) is 2.86. The van der Waals surface area contributed by atoms with E-state index in [-0.39, 0.29) is 6.04 Å². The number of ether oxygens (including phenoxy) is 1. The Morgan fingerprint density at radius 3 is 2.75 bits per heavy atom. The fourth-order valence-corrected chi connectivity index (χ4v) is 2.86. The lowest BCUT2D eigenvalue weighted by Crippen LogP contribution is -2.46. The molecule has 1 unspecified atom stereocenters. The molecule has 1 aliphatic rings. The summed E-state index contributed by atoms with van der Waals surface area (Å²) < 4.78 is 11.4. The molecule has 1 saturated heterocycles. The van der Waals surface area contributed by atoms with Gasteiger partial charge >= 0.3 is 0 Å². The Labute approximate surface area is 119 Å². The van der Waals surface area contributed by atoms with Crippen LogP contribution >= 0.6 is 0 Å². The van der Waals surface area contributed by atoms with Crippen molar-refractivity contribution in [3.05, 3.63) is 35.6 Å². The molecule has 1 fully saturated rings. The molecule has 3 rings (SSSR count). The molecular weight excluding hydrogens is 252 g/mol. The van der Waals surface area contributed by atoms with Crippen molar-refractivity contribution in [2.24, 2.45) is 0 Å². The lowest BCUT2D eigenvalue weighted by Gasteiger charge is -2.29. The second kappa shape index (κ2) is 5.95. The molecule has 1 aliphatic heterocycles. The second-order valence-electron chi connectivity index (χ2n) is 5.24. The molecule has 2 heterocycles. The molecule has 1 N–H and O–H groups in total. The summed E-state index contributed by atoms with van der Waals surface area (Å²) in [4.78, 5) is 0. The minimum atomic E-state index is 0.176. The topological polar surface area (TPSA) is 37.6 Å². The molecule has 108 valence electrons.